The van der Waals surface area contributed by atoms with Crippen molar-refractivity contribution < 1.29 is 4.39 Å². The van der Waals surface area contributed by atoms with E-state index in [0.717, 1.165) is 24.5 Å². The Morgan fingerprint density at radius 3 is 2.94 bits per heavy atom. The summed E-state index contributed by atoms with van der Waals surface area (Å²) >= 11 is 0. The number of hydrogen-bond donors (Lipinski definition) is 1. The van der Waals surface area contributed by atoms with E-state index in [0.29, 0.717) is 0 Å². The Hall–Kier alpha value is -1.84. The third-order valence-electron chi connectivity index (χ3n) is 2.27. The molecule has 0 saturated heterocycles. The SMILES string of the molecule is Cc1ccn(CCNc2cccc(F)c2)n1. The molecule has 2 aromatic rings. The average molecular weight is 219 g/mol. The molecule has 0 amide bonds. The van der Waals surface area contributed by atoms with Crippen LogP contribution in [-0.2, 0) is 6.54 Å². The van der Waals surface area contributed by atoms with Crippen LogP contribution in [0.3, 0.4) is 0 Å². The minimum absolute atomic E-state index is 0.222. The van der Waals surface area contributed by atoms with Gasteiger partial charge in [-0.2, -0.15) is 5.10 Å². The normalized spacial score (nSPS) is 10.4. The van der Waals surface area contributed by atoms with Crippen molar-refractivity contribution in [3.8, 4) is 0 Å². The number of nitrogens with zero attached hydrogens (tertiary/aromatic N) is 2. The largest absolute Gasteiger partial charge is 0.383 e. The second kappa shape index (κ2) is 4.79. The van der Waals surface area contributed by atoms with Gasteiger partial charge in [0.05, 0.1) is 12.2 Å². The number of aryl methyl sites for hydroxylation is 1. The molecular weight excluding hydrogens is 205 g/mol. The highest BCUT2D eigenvalue weighted by Crippen LogP contribution is 2.08. The zero-order chi connectivity index (χ0) is 11.4. The van der Waals surface area contributed by atoms with Crippen molar-refractivity contribution in [2.75, 3.05) is 11.9 Å². The highest BCUT2D eigenvalue weighted by molar-refractivity contribution is 5.42. The first-order chi connectivity index (χ1) is 7.74. The average Bonchev–Trinajstić information content (AvgIpc) is 2.64. The lowest BCUT2D eigenvalue weighted by Gasteiger charge is -2.06. The van der Waals surface area contributed by atoms with Gasteiger partial charge < -0.3 is 5.32 Å². The second-order valence-electron chi connectivity index (χ2n) is 3.66. The maximum absolute atomic E-state index is 12.9. The lowest BCUT2D eigenvalue weighted by molar-refractivity contribution is 0.624. The van der Waals surface area contributed by atoms with Gasteiger partial charge in [-0.1, -0.05) is 6.07 Å². The zero-order valence-electron chi connectivity index (χ0n) is 9.15. The van der Waals surface area contributed by atoms with Crippen LogP contribution in [0.5, 0.6) is 0 Å². The second-order valence-corrected chi connectivity index (χ2v) is 3.66. The van der Waals surface area contributed by atoms with Gasteiger partial charge in [-0.15, -0.1) is 0 Å². The van der Waals surface area contributed by atoms with Gasteiger partial charge in [0, 0.05) is 18.4 Å². The van der Waals surface area contributed by atoms with Gasteiger partial charge in [0.15, 0.2) is 0 Å². The molecule has 0 bridgehead atoms. The molecule has 1 heterocycles. The number of aromatic nitrogens is 2. The zero-order valence-corrected chi connectivity index (χ0v) is 9.15. The summed E-state index contributed by atoms with van der Waals surface area (Å²) in [6, 6.07) is 8.41. The lowest BCUT2D eigenvalue weighted by Crippen LogP contribution is -2.11. The molecule has 1 N–H and O–H groups in total. The summed E-state index contributed by atoms with van der Waals surface area (Å²) in [5.74, 6) is -0.222. The molecule has 0 saturated carbocycles. The minimum Gasteiger partial charge on any atom is -0.383 e. The van der Waals surface area contributed by atoms with Crippen LogP contribution in [0.15, 0.2) is 36.5 Å². The summed E-state index contributed by atoms with van der Waals surface area (Å²) in [4.78, 5) is 0. The van der Waals surface area contributed by atoms with Crippen molar-refractivity contribution >= 4 is 5.69 Å². The van der Waals surface area contributed by atoms with E-state index in [9.17, 15) is 4.39 Å². The van der Waals surface area contributed by atoms with Gasteiger partial charge >= 0.3 is 0 Å². The van der Waals surface area contributed by atoms with Crippen molar-refractivity contribution in [3.05, 3.63) is 48.0 Å². The Kier molecular flexibility index (Phi) is 3.19. The number of anilines is 1. The summed E-state index contributed by atoms with van der Waals surface area (Å²) in [5.41, 5.74) is 1.80. The number of rotatable bonds is 4. The maximum Gasteiger partial charge on any atom is 0.125 e. The van der Waals surface area contributed by atoms with Crippen molar-refractivity contribution in [2.45, 2.75) is 13.5 Å². The van der Waals surface area contributed by atoms with E-state index >= 15 is 0 Å². The third-order valence-corrected chi connectivity index (χ3v) is 2.27. The molecule has 1 aromatic heterocycles. The quantitative estimate of drug-likeness (QED) is 0.856. The maximum atomic E-state index is 12.9. The molecule has 1 aromatic carbocycles. The Labute approximate surface area is 93.9 Å². The van der Waals surface area contributed by atoms with E-state index in [2.05, 4.69) is 10.4 Å². The predicted molar refractivity (Wildman–Crippen MR) is 61.9 cm³/mol. The van der Waals surface area contributed by atoms with Gasteiger partial charge in [0.1, 0.15) is 5.82 Å². The van der Waals surface area contributed by atoms with E-state index in [1.807, 2.05) is 29.9 Å². The van der Waals surface area contributed by atoms with E-state index in [4.69, 9.17) is 0 Å². The highest BCUT2D eigenvalue weighted by atomic mass is 19.1. The fraction of sp³-hybridized carbons (Fsp3) is 0.250. The first kappa shape index (κ1) is 10.7. The summed E-state index contributed by atoms with van der Waals surface area (Å²) in [5, 5.41) is 7.40. The smallest absolute Gasteiger partial charge is 0.125 e. The van der Waals surface area contributed by atoms with Crippen LogP contribution in [0, 0.1) is 12.7 Å². The van der Waals surface area contributed by atoms with Crippen molar-refractivity contribution in [3.63, 3.8) is 0 Å². The molecule has 0 aliphatic heterocycles. The summed E-state index contributed by atoms with van der Waals surface area (Å²) in [6.45, 7) is 3.45. The Bertz CT molecular complexity index is 465. The Balaban J connectivity index is 1.84. The Morgan fingerprint density at radius 2 is 2.25 bits per heavy atom. The van der Waals surface area contributed by atoms with E-state index < -0.39 is 0 Å². The fourth-order valence-corrected chi connectivity index (χ4v) is 1.50. The molecule has 0 aliphatic carbocycles. The van der Waals surface area contributed by atoms with E-state index in [-0.39, 0.29) is 5.82 Å². The standard InChI is InChI=1S/C12H14FN3/c1-10-5-7-16(15-10)8-6-14-12-4-2-3-11(13)9-12/h2-5,7,9,14H,6,8H2,1H3. The molecule has 0 aliphatic rings. The van der Waals surface area contributed by atoms with Crippen LogP contribution in [-0.4, -0.2) is 16.3 Å². The molecule has 0 fully saturated rings. The van der Waals surface area contributed by atoms with Gasteiger partial charge in [0.25, 0.3) is 0 Å². The molecule has 0 atom stereocenters. The molecule has 0 unspecified atom stereocenters. The van der Waals surface area contributed by atoms with Crippen LogP contribution in [0.1, 0.15) is 5.69 Å². The number of halogens is 1. The summed E-state index contributed by atoms with van der Waals surface area (Å²) in [6.07, 6.45) is 1.93. The number of benzene rings is 1. The predicted octanol–water partition coefficient (Wildman–Crippen LogP) is 2.44. The van der Waals surface area contributed by atoms with Crippen molar-refractivity contribution in [1.82, 2.24) is 9.78 Å². The van der Waals surface area contributed by atoms with Crippen molar-refractivity contribution in [1.29, 1.82) is 0 Å². The van der Waals surface area contributed by atoms with Gasteiger partial charge in [-0.3, -0.25) is 4.68 Å². The molecule has 16 heavy (non-hydrogen) atoms. The lowest BCUT2D eigenvalue weighted by atomic mass is 10.3. The first-order valence-electron chi connectivity index (χ1n) is 5.23. The van der Waals surface area contributed by atoms with Crippen LogP contribution in [0.4, 0.5) is 10.1 Å². The summed E-state index contributed by atoms with van der Waals surface area (Å²) in [7, 11) is 0. The number of nitrogens with one attached hydrogen (secondary N) is 1. The first-order valence-corrected chi connectivity index (χ1v) is 5.23. The molecule has 4 heteroatoms. The molecule has 84 valence electrons. The van der Waals surface area contributed by atoms with Gasteiger partial charge in [0.2, 0.25) is 0 Å². The van der Waals surface area contributed by atoms with Crippen LogP contribution in [0.2, 0.25) is 0 Å². The third kappa shape index (κ3) is 2.82. The van der Waals surface area contributed by atoms with Gasteiger partial charge in [-0.05, 0) is 31.2 Å². The fourth-order valence-electron chi connectivity index (χ4n) is 1.50. The van der Waals surface area contributed by atoms with E-state index in [1.54, 1.807) is 6.07 Å². The molecular formula is C12H14FN3. The molecule has 0 spiro atoms. The van der Waals surface area contributed by atoms with Gasteiger partial charge in [-0.25, -0.2) is 4.39 Å². The van der Waals surface area contributed by atoms with Crippen molar-refractivity contribution in [2.24, 2.45) is 0 Å². The molecule has 2 rings (SSSR count). The summed E-state index contributed by atoms with van der Waals surface area (Å²) < 4.78 is 14.7. The van der Waals surface area contributed by atoms with Crippen LogP contribution < -0.4 is 5.32 Å². The monoisotopic (exact) mass is 219 g/mol. The number of hydrogen-bond acceptors (Lipinski definition) is 2. The van der Waals surface area contributed by atoms with Crippen LogP contribution >= 0.6 is 0 Å². The van der Waals surface area contributed by atoms with E-state index in [1.165, 1.54) is 12.1 Å². The highest BCUT2D eigenvalue weighted by Gasteiger charge is 1.95. The molecule has 3 nitrogen and oxygen atoms in total. The minimum atomic E-state index is -0.222. The Morgan fingerprint density at radius 1 is 1.38 bits per heavy atom. The topological polar surface area (TPSA) is 29.9 Å². The molecule has 0 radical (unpaired) electrons. The van der Waals surface area contributed by atoms with Crippen LogP contribution in [0.25, 0.3) is 0 Å².